The first kappa shape index (κ1) is 19.2. The number of thiazole rings is 1. The Labute approximate surface area is 164 Å². The van der Waals surface area contributed by atoms with Gasteiger partial charge in [-0.1, -0.05) is 12.1 Å². The molecule has 0 aliphatic carbocycles. The van der Waals surface area contributed by atoms with Gasteiger partial charge in [0.05, 0.1) is 35.6 Å². The van der Waals surface area contributed by atoms with Crippen molar-refractivity contribution in [3.63, 3.8) is 0 Å². The second-order valence-electron chi connectivity index (χ2n) is 5.62. The first-order chi connectivity index (χ1) is 13.5. The van der Waals surface area contributed by atoms with Crippen molar-refractivity contribution in [2.45, 2.75) is 0 Å². The van der Waals surface area contributed by atoms with Gasteiger partial charge in [-0.05, 0) is 36.4 Å². The molecule has 2 aromatic carbocycles. The average Bonchev–Trinajstić information content (AvgIpc) is 3.13. The maximum Gasteiger partial charge on any atom is 0.337 e. The van der Waals surface area contributed by atoms with Crippen LogP contribution in [0.15, 0.2) is 48.5 Å². The highest BCUT2D eigenvalue weighted by atomic mass is 32.1. The summed E-state index contributed by atoms with van der Waals surface area (Å²) in [5.41, 5.74) is 1.37. The normalized spacial score (nSPS) is 10.8. The third kappa shape index (κ3) is 4.41. The van der Waals surface area contributed by atoms with Crippen LogP contribution in [0.25, 0.3) is 16.3 Å². The zero-order chi connectivity index (χ0) is 20.1. The third-order valence-electron chi connectivity index (χ3n) is 3.73. The van der Waals surface area contributed by atoms with E-state index >= 15 is 0 Å². The number of amides is 1. The second-order valence-corrected chi connectivity index (χ2v) is 6.69. The predicted molar refractivity (Wildman–Crippen MR) is 106 cm³/mol. The molecule has 3 rings (SSSR count). The molecule has 142 valence electrons. The molecule has 0 aliphatic heterocycles. The fraction of sp³-hybridized carbons (Fsp3) is 0.100. The van der Waals surface area contributed by atoms with E-state index in [9.17, 15) is 14.4 Å². The summed E-state index contributed by atoms with van der Waals surface area (Å²) in [4.78, 5) is 40.3. The number of rotatable bonds is 5. The molecule has 8 heteroatoms. The molecule has 0 radical (unpaired) electrons. The largest absolute Gasteiger partial charge is 0.465 e. The van der Waals surface area contributed by atoms with E-state index in [0.717, 1.165) is 10.2 Å². The lowest BCUT2D eigenvalue weighted by molar-refractivity contribution is -0.111. The van der Waals surface area contributed by atoms with E-state index in [-0.39, 0.29) is 16.8 Å². The van der Waals surface area contributed by atoms with Gasteiger partial charge < -0.3 is 14.8 Å². The minimum Gasteiger partial charge on any atom is -0.465 e. The Hall–Kier alpha value is -3.52. The van der Waals surface area contributed by atoms with Gasteiger partial charge in [0.1, 0.15) is 5.01 Å². The SMILES string of the molecule is COC(=O)c1cc(NC(=O)/C=C/c2nc3ccccc3s2)cc(C(=O)OC)c1. The number of aromatic nitrogens is 1. The number of nitrogens with zero attached hydrogens (tertiary/aromatic N) is 1. The maximum absolute atomic E-state index is 12.2. The monoisotopic (exact) mass is 396 g/mol. The molecule has 3 aromatic rings. The van der Waals surface area contributed by atoms with Gasteiger partial charge in [-0.3, -0.25) is 4.79 Å². The Morgan fingerprint density at radius 2 is 1.64 bits per heavy atom. The number of hydrogen-bond acceptors (Lipinski definition) is 7. The van der Waals surface area contributed by atoms with E-state index in [1.807, 2.05) is 24.3 Å². The predicted octanol–water partition coefficient (Wildman–Crippen LogP) is 3.52. The molecule has 0 aliphatic rings. The number of carbonyl (C=O) groups is 3. The van der Waals surface area contributed by atoms with Crippen LogP contribution >= 0.6 is 11.3 Å². The summed E-state index contributed by atoms with van der Waals surface area (Å²) in [5, 5.41) is 3.31. The summed E-state index contributed by atoms with van der Waals surface area (Å²) >= 11 is 1.46. The molecule has 0 saturated heterocycles. The molecule has 0 atom stereocenters. The van der Waals surface area contributed by atoms with Crippen molar-refractivity contribution in [1.82, 2.24) is 4.98 Å². The molecule has 1 amide bonds. The van der Waals surface area contributed by atoms with Crippen LogP contribution in [0, 0.1) is 0 Å². The molecule has 1 aromatic heterocycles. The first-order valence-electron chi connectivity index (χ1n) is 8.16. The number of hydrogen-bond donors (Lipinski definition) is 1. The molecular formula is C20H16N2O5S. The fourth-order valence-electron chi connectivity index (χ4n) is 2.46. The van der Waals surface area contributed by atoms with Crippen molar-refractivity contribution in [2.24, 2.45) is 0 Å². The highest BCUT2D eigenvalue weighted by Gasteiger charge is 2.14. The van der Waals surface area contributed by atoms with Crippen molar-refractivity contribution in [3.8, 4) is 0 Å². The van der Waals surface area contributed by atoms with Crippen molar-refractivity contribution in [1.29, 1.82) is 0 Å². The molecule has 0 spiro atoms. The number of ether oxygens (including phenoxy) is 2. The van der Waals surface area contributed by atoms with Crippen LogP contribution in [0.3, 0.4) is 0 Å². The van der Waals surface area contributed by atoms with Gasteiger partial charge in [0.15, 0.2) is 0 Å². The molecule has 0 saturated carbocycles. The number of carbonyl (C=O) groups excluding carboxylic acids is 3. The number of fused-ring (bicyclic) bond motifs is 1. The minimum atomic E-state index is -0.633. The average molecular weight is 396 g/mol. The van der Waals surface area contributed by atoms with Gasteiger partial charge in [0.25, 0.3) is 0 Å². The topological polar surface area (TPSA) is 94.6 Å². The lowest BCUT2D eigenvalue weighted by Gasteiger charge is -2.08. The summed E-state index contributed by atoms with van der Waals surface area (Å²) in [6, 6.07) is 11.9. The number of anilines is 1. The van der Waals surface area contributed by atoms with Crippen LogP contribution in [0.5, 0.6) is 0 Å². The Morgan fingerprint density at radius 3 is 2.25 bits per heavy atom. The van der Waals surface area contributed by atoms with Crippen LogP contribution < -0.4 is 5.32 Å². The number of esters is 2. The van der Waals surface area contributed by atoms with Gasteiger partial charge in [-0.25, -0.2) is 14.6 Å². The molecule has 28 heavy (non-hydrogen) atoms. The molecule has 0 bridgehead atoms. The molecule has 0 unspecified atom stereocenters. The van der Waals surface area contributed by atoms with Gasteiger partial charge in [-0.2, -0.15) is 0 Å². The first-order valence-corrected chi connectivity index (χ1v) is 8.98. The van der Waals surface area contributed by atoms with E-state index in [0.29, 0.717) is 5.01 Å². The Kier molecular flexibility index (Phi) is 5.81. The third-order valence-corrected chi connectivity index (χ3v) is 4.73. The minimum absolute atomic E-state index is 0.121. The van der Waals surface area contributed by atoms with E-state index in [2.05, 4.69) is 19.8 Å². The highest BCUT2D eigenvalue weighted by molar-refractivity contribution is 7.19. The Morgan fingerprint density at radius 1 is 1.00 bits per heavy atom. The second kappa shape index (κ2) is 8.45. The number of para-hydroxylation sites is 1. The van der Waals surface area contributed by atoms with Crippen molar-refractivity contribution >= 4 is 51.2 Å². The van der Waals surface area contributed by atoms with E-state index in [1.54, 1.807) is 6.08 Å². The van der Waals surface area contributed by atoms with Crippen LogP contribution in [0.2, 0.25) is 0 Å². The van der Waals surface area contributed by atoms with Gasteiger partial charge in [0, 0.05) is 11.8 Å². The van der Waals surface area contributed by atoms with Crippen LogP contribution in [-0.2, 0) is 14.3 Å². The number of nitrogens with one attached hydrogen (secondary N) is 1. The maximum atomic E-state index is 12.2. The molecular weight excluding hydrogens is 380 g/mol. The van der Waals surface area contributed by atoms with Gasteiger partial charge in [0.2, 0.25) is 5.91 Å². The van der Waals surface area contributed by atoms with Gasteiger partial charge in [-0.15, -0.1) is 11.3 Å². The summed E-state index contributed by atoms with van der Waals surface area (Å²) in [6.07, 6.45) is 2.94. The molecule has 1 heterocycles. The molecule has 1 N–H and O–H groups in total. The number of methoxy groups -OCH3 is 2. The zero-order valence-corrected chi connectivity index (χ0v) is 15.9. The summed E-state index contributed by atoms with van der Waals surface area (Å²) in [5.74, 6) is -1.70. The van der Waals surface area contributed by atoms with E-state index in [4.69, 9.17) is 0 Å². The molecule has 0 fully saturated rings. The van der Waals surface area contributed by atoms with Crippen LogP contribution in [0.4, 0.5) is 5.69 Å². The summed E-state index contributed by atoms with van der Waals surface area (Å²) < 4.78 is 10.4. The van der Waals surface area contributed by atoms with Crippen LogP contribution in [-0.4, -0.2) is 37.0 Å². The summed E-state index contributed by atoms with van der Waals surface area (Å²) in [7, 11) is 2.46. The quantitative estimate of drug-likeness (QED) is 0.524. The molecule has 7 nitrogen and oxygen atoms in total. The summed E-state index contributed by atoms with van der Waals surface area (Å²) in [6.45, 7) is 0. The van der Waals surface area contributed by atoms with E-state index < -0.39 is 17.8 Å². The zero-order valence-electron chi connectivity index (χ0n) is 15.1. The Bertz CT molecular complexity index is 1020. The lowest BCUT2D eigenvalue weighted by atomic mass is 10.1. The Balaban J connectivity index is 1.80. The van der Waals surface area contributed by atoms with Crippen molar-refractivity contribution < 1.29 is 23.9 Å². The van der Waals surface area contributed by atoms with Crippen molar-refractivity contribution in [3.05, 3.63) is 64.7 Å². The van der Waals surface area contributed by atoms with Crippen LogP contribution in [0.1, 0.15) is 25.7 Å². The fourth-order valence-corrected chi connectivity index (χ4v) is 3.33. The lowest BCUT2D eigenvalue weighted by Crippen LogP contribution is -2.12. The van der Waals surface area contributed by atoms with Crippen molar-refractivity contribution in [2.75, 3.05) is 19.5 Å². The standard InChI is InChI=1S/C20H16N2O5S/c1-26-19(24)12-9-13(20(25)27-2)11-14(10-12)21-17(23)7-8-18-22-15-5-3-4-6-16(15)28-18/h3-11H,1-2H3,(H,21,23)/b8-7+. The highest BCUT2D eigenvalue weighted by Crippen LogP contribution is 2.22. The smallest absolute Gasteiger partial charge is 0.337 e. The van der Waals surface area contributed by atoms with Gasteiger partial charge >= 0.3 is 11.9 Å². The number of benzene rings is 2. The van der Waals surface area contributed by atoms with E-state index in [1.165, 1.54) is 49.8 Å².